The predicted octanol–water partition coefficient (Wildman–Crippen LogP) is -0.427. The van der Waals surface area contributed by atoms with Crippen LogP contribution >= 0.6 is 0 Å². The van der Waals surface area contributed by atoms with Gasteiger partial charge in [0.15, 0.2) is 11.8 Å². The van der Waals surface area contributed by atoms with Crippen molar-refractivity contribution < 1.29 is 20.1 Å². The van der Waals surface area contributed by atoms with E-state index in [1.165, 1.54) is 5.56 Å². The summed E-state index contributed by atoms with van der Waals surface area (Å²) in [6.45, 7) is 4.96. The van der Waals surface area contributed by atoms with E-state index in [1.54, 1.807) is 0 Å². The molecule has 0 bridgehead atoms. The van der Waals surface area contributed by atoms with Gasteiger partial charge in [0.05, 0.1) is 6.04 Å². The number of nitrogens with zero attached hydrogens (tertiary/aromatic N) is 1. The standard InChI is InChI=1S/C15H21N3O2/c1-10(2)17-8-12(19)9-20-15-14(6-16)13-5-3-4-11(13)7-18-15/h7,10,12,17,19H,3-5,8-9H2,1-2H3/p+2. The van der Waals surface area contributed by atoms with Crippen LogP contribution in [0.1, 0.15) is 37.0 Å². The summed E-state index contributed by atoms with van der Waals surface area (Å²) in [4.78, 5) is 3.04. The fraction of sp³-hybridized carbons (Fsp3) is 0.600. The first-order valence-electron chi connectivity index (χ1n) is 7.22. The lowest BCUT2D eigenvalue weighted by Crippen LogP contribution is -2.90. The van der Waals surface area contributed by atoms with Gasteiger partial charge in [0, 0.05) is 5.56 Å². The maximum Gasteiger partial charge on any atom is 0.384 e. The molecule has 1 aliphatic rings. The van der Waals surface area contributed by atoms with Crippen LogP contribution in [0.4, 0.5) is 0 Å². The fourth-order valence-electron chi connectivity index (χ4n) is 2.48. The first kappa shape index (κ1) is 14.8. The van der Waals surface area contributed by atoms with Gasteiger partial charge in [-0.05, 0) is 38.7 Å². The number of rotatable bonds is 6. The van der Waals surface area contributed by atoms with E-state index in [0.29, 0.717) is 24.0 Å². The molecular formula is C15H23N3O2+2. The lowest BCUT2D eigenvalue weighted by atomic mass is 10.1. The number of quaternary nitrogens is 1. The Morgan fingerprint density at radius 3 is 3.00 bits per heavy atom. The minimum atomic E-state index is -0.536. The molecule has 1 aromatic heterocycles. The second kappa shape index (κ2) is 6.69. The normalized spacial score (nSPS) is 14.9. The molecule has 0 aliphatic heterocycles. The summed E-state index contributed by atoms with van der Waals surface area (Å²) in [5.74, 6) is 0.483. The number of ether oxygens (including phenoxy) is 1. The van der Waals surface area contributed by atoms with E-state index in [2.05, 4.69) is 30.2 Å². The number of nitrogens with one attached hydrogen (secondary N) is 1. The van der Waals surface area contributed by atoms with E-state index in [1.807, 2.05) is 6.20 Å². The van der Waals surface area contributed by atoms with Crippen LogP contribution in [0.2, 0.25) is 0 Å². The monoisotopic (exact) mass is 277 g/mol. The molecule has 0 radical (unpaired) electrons. The average molecular weight is 277 g/mol. The maximum absolute atomic E-state index is 9.86. The summed E-state index contributed by atoms with van der Waals surface area (Å²) in [6, 6.07) is 2.67. The molecule has 5 heteroatoms. The molecule has 0 fully saturated rings. The smallest absolute Gasteiger partial charge is 0.384 e. The number of fused-ring (bicyclic) bond motifs is 1. The number of aromatic nitrogens is 1. The van der Waals surface area contributed by atoms with Gasteiger partial charge in [-0.3, -0.25) is 0 Å². The van der Waals surface area contributed by atoms with E-state index in [-0.39, 0.29) is 6.61 Å². The second-order valence-electron chi connectivity index (χ2n) is 5.64. The molecule has 5 nitrogen and oxygen atoms in total. The molecule has 1 aromatic rings. The first-order chi connectivity index (χ1) is 9.61. The Labute approximate surface area is 119 Å². The summed E-state index contributed by atoms with van der Waals surface area (Å²) in [7, 11) is 0. The quantitative estimate of drug-likeness (QED) is 0.740. The van der Waals surface area contributed by atoms with E-state index >= 15 is 0 Å². The van der Waals surface area contributed by atoms with Crippen LogP contribution in [-0.4, -0.2) is 30.4 Å². The van der Waals surface area contributed by atoms with Crippen molar-refractivity contribution in [2.75, 3.05) is 13.2 Å². The van der Waals surface area contributed by atoms with Gasteiger partial charge in [0.25, 0.3) is 0 Å². The van der Waals surface area contributed by atoms with Gasteiger partial charge in [-0.1, -0.05) is 0 Å². The van der Waals surface area contributed by atoms with Gasteiger partial charge >= 0.3 is 5.88 Å². The van der Waals surface area contributed by atoms with Gasteiger partial charge in [-0.25, -0.2) is 0 Å². The highest BCUT2D eigenvalue weighted by Gasteiger charge is 2.24. The molecule has 20 heavy (non-hydrogen) atoms. The summed E-state index contributed by atoms with van der Waals surface area (Å²) in [5, 5.41) is 21.2. The summed E-state index contributed by atoms with van der Waals surface area (Å²) in [5.41, 5.74) is 2.91. The molecule has 0 saturated heterocycles. The van der Waals surface area contributed by atoms with Crippen LogP contribution in [0.15, 0.2) is 6.20 Å². The molecular weight excluding hydrogens is 254 g/mol. The number of aliphatic hydroxyl groups excluding tert-OH is 1. The Kier molecular flexibility index (Phi) is 4.94. The van der Waals surface area contributed by atoms with Crippen molar-refractivity contribution in [3.63, 3.8) is 0 Å². The SMILES string of the molecule is CC(C)[NH2+]CC(O)COc1[nH+]cc2c(c1C#N)CCC2. The summed E-state index contributed by atoms with van der Waals surface area (Å²) >= 11 is 0. The molecule has 0 aromatic carbocycles. The maximum atomic E-state index is 9.86. The molecule has 108 valence electrons. The van der Waals surface area contributed by atoms with E-state index in [4.69, 9.17) is 4.74 Å². The van der Waals surface area contributed by atoms with Crippen LogP contribution in [0.25, 0.3) is 0 Å². The Morgan fingerprint density at radius 1 is 1.50 bits per heavy atom. The number of pyridine rings is 1. The number of hydrogen-bond donors (Lipinski definition) is 2. The van der Waals surface area contributed by atoms with Crippen LogP contribution in [0.3, 0.4) is 0 Å². The fourth-order valence-corrected chi connectivity index (χ4v) is 2.48. The zero-order chi connectivity index (χ0) is 14.5. The first-order valence-corrected chi connectivity index (χ1v) is 7.22. The number of nitrogens with two attached hydrogens (primary N) is 1. The molecule has 0 amide bonds. The third kappa shape index (κ3) is 3.47. The van der Waals surface area contributed by atoms with E-state index in [0.717, 1.165) is 24.8 Å². The Balaban J connectivity index is 1.98. The number of aromatic amines is 1. The predicted molar refractivity (Wildman–Crippen MR) is 73.2 cm³/mol. The van der Waals surface area contributed by atoms with Crippen molar-refractivity contribution in [2.24, 2.45) is 0 Å². The lowest BCUT2D eigenvalue weighted by Gasteiger charge is -2.11. The minimum absolute atomic E-state index is 0.202. The second-order valence-corrected chi connectivity index (χ2v) is 5.64. The van der Waals surface area contributed by atoms with Crippen LogP contribution in [0.5, 0.6) is 5.88 Å². The zero-order valence-corrected chi connectivity index (χ0v) is 12.1. The van der Waals surface area contributed by atoms with Crippen molar-refractivity contribution in [3.05, 3.63) is 22.9 Å². The van der Waals surface area contributed by atoms with Crippen LogP contribution < -0.4 is 15.0 Å². The Hall–Kier alpha value is -1.64. The van der Waals surface area contributed by atoms with Gasteiger partial charge in [0.2, 0.25) is 0 Å². The van der Waals surface area contributed by atoms with E-state index < -0.39 is 6.10 Å². The van der Waals surface area contributed by atoms with Crippen molar-refractivity contribution >= 4 is 0 Å². The third-order valence-corrected chi connectivity index (χ3v) is 3.58. The Morgan fingerprint density at radius 2 is 2.30 bits per heavy atom. The molecule has 1 atom stereocenters. The number of hydrogen-bond acceptors (Lipinski definition) is 3. The summed E-state index contributed by atoms with van der Waals surface area (Å²) in [6.07, 6.45) is 4.43. The Bertz CT molecular complexity index is 509. The molecule has 4 N–H and O–H groups in total. The van der Waals surface area contributed by atoms with Gasteiger partial charge in [-0.15, -0.1) is 0 Å². The van der Waals surface area contributed by atoms with Crippen molar-refractivity contribution in [1.82, 2.24) is 0 Å². The van der Waals surface area contributed by atoms with E-state index in [9.17, 15) is 10.4 Å². The number of H-pyrrole nitrogens is 1. The molecule has 1 heterocycles. The summed E-state index contributed by atoms with van der Waals surface area (Å²) < 4.78 is 5.60. The van der Waals surface area contributed by atoms with Crippen LogP contribution in [0, 0.1) is 11.3 Å². The molecule has 1 aliphatic carbocycles. The third-order valence-electron chi connectivity index (χ3n) is 3.58. The molecule has 0 saturated carbocycles. The van der Waals surface area contributed by atoms with Crippen molar-refractivity contribution in [3.8, 4) is 11.9 Å². The number of aliphatic hydroxyl groups is 1. The highest BCUT2D eigenvalue weighted by atomic mass is 16.5. The highest BCUT2D eigenvalue weighted by Crippen LogP contribution is 2.27. The molecule has 1 unspecified atom stereocenters. The van der Waals surface area contributed by atoms with Crippen molar-refractivity contribution in [2.45, 2.75) is 45.3 Å². The topological polar surface area (TPSA) is 84.0 Å². The molecule has 2 rings (SSSR count). The highest BCUT2D eigenvalue weighted by molar-refractivity contribution is 5.47. The average Bonchev–Trinajstić information content (AvgIpc) is 2.90. The number of nitriles is 1. The van der Waals surface area contributed by atoms with Gasteiger partial charge in [-0.2, -0.15) is 10.2 Å². The van der Waals surface area contributed by atoms with Crippen molar-refractivity contribution in [1.29, 1.82) is 5.26 Å². The minimum Gasteiger partial charge on any atom is -0.440 e. The molecule has 0 spiro atoms. The zero-order valence-electron chi connectivity index (χ0n) is 12.1. The van der Waals surface area contributed by atoms with Crippen LogP contribution in [-0.2, 0) is 12.8 Å². The van der Waals surface area contributed by atoms with Gasteiger partial charge in [0.1, 0.15) is 25.3 Å². The van der Waals surface area contributed by atoms with Gasteiger partial charge < -0.3 is 15.2 Å². The largest absolute Gasteiger partial charge is 0.440 e. The lowest BCUT2D eigenvalue weighted by molar-refractivity contribution is -0.688. The number of aryl methyl sites for hydroxylation is 1.